The lowest BCUT2D eigenvalue weighted by Crippen LogP contribution is -2.64. The summed E-state index contributed by atoms with van der Waals surface area (Å²) in [6, 6.07) is 0. The highest BCUT2D eigenvalue weighted by molar-refractivity contribution is 5.00. The van der Waals surface area contributed by atoms with Gasteiger partial charge in [-0.3, -0.25) is 0 Å². The van der Waals surface area contributed by atoms with Crippen molar-refractivity contribution in [2.75, 3.05) is 26.7 Å². The van der Waals surface area contributed by atoms with Gasteiger partial charge in [0.25, 0.3) is 0 Å². The van der Waals surface area contributed by atoms with Gasteiger partial charge in [0.2, 0.25) is 0 Å². The first kappa shape index (κ1) is 10.4. The predicted molar refractivity (Wildman–Crippen MR) is 58.4 cm³/mol. The molecule has 1 atom stereocenters. The van der Waals surface area contributed by atoms with Crippen molar-refractivity contribution in [1.29, 1.82) is 0 Å². The zero-order chi connectivity index (χ0) is 10.4. The molecule has 2 heteroatoms. The summed E-state index contributed by atoms with van der Waals surface area (Å²) in [6.45, 7) is 10.3. The molecule has 2 nitrogen and oxygen atoms in total. The van der Waals surface area contributed by atoms with Crippen LogP contribution in [0.5, 0.6) is 0 Å². The monoisotopic (exact) mass is 197 g/mol. The molecule has 2 aliphatic heterocycles. The minimum atomic E-state index is 0.227. The molecule has 2 aliphatic rings. The molecule has 82 valence electrons. The Morgan fingerprint density at radius 3 is 2.43 bits per heavy atom. The van der Waals surface area contributed by atoms with E-state index in [0.717, 1.165) is 25.6 Å². The number of ether oxygens (including phenoxy) is 1. The van der Waals surface area contributed by atoms with Crippen molar-refractivity contribution >= 4 is 0 Å². The summed E-state index contributed by atoms with van der Waals surface area (Å²) in [5.41, 5.74) is 0.676. The molecule has 1 spiro atoms. The summed E-state index contributed by atoms with van der Waals surface area (Å²) in [5, 5.41) is 0. The molecule has 2 fully saturated rings. The van der Waals surface area contributed by atoms with Crippen molar-refractivity contribution in [2.45, 2.75) is 39.2 Å². The smallest absolute Gasteiger partial charge is 0.0937 e. The summed E-state index contributed by atoms with van der Waals surface area (Å²) in [5.74, 6) is 0.838. The lowest BCUT2D eigenvalue weighted by Gasteiger charge is -2.54. The molecule has 1 unspecified atom stereocenters. The molecule has 0 bridgehead atoms. The van der Waals surface area contributed by atoms with Crippen LogP contribution in [0.3, 0.4) is 0 Å². The Morgan fingerprint density at radius 2 is 1.93 bits per heavy atom. The molecule has 2 heterocycles. The Labute approximate surface area is 87.6 Å². The maximum Gasteiger partial charge on any atom is 0.0937 e. The van der Waals surface area contributed by atoms with Crippen molar-refractivity contribution in [3.8, 4) is 0 Å². The van der Waals surface area contributed by atoms with E-state index in [2.05, 4.69) is 32.7 Å². The standard InChI is InChI=1S/C12H23NO/c1-11(2,3)10-5-6-14-12(7-10)8-13(4)9-12/h10H,5-9H2,1-4H3. The molecule has 0 aromatic carbocycles. The summed E-state index contributed by atoms with van der Waals surface area (Å²) in [6.07, 6.45) is 2.51. The maximum atomic E-state index is 5.96. The quantitative estimate of drug-likeness (QED) is 0.590. The molecule has 0 aromatic heterocycles. The Morgan fingerprint density at radius 1 is 1.29 bits per heavy atom. The van der Waals surface area contributed by atoms with Crippen LogP contribution in [0.2, 0.25) is 0 Å². The van der Waals surface area contributed by atoms with Crippen LogP contribution < -0.4 is 0 Å². The molecule has 0 radical (unpaired) electrons. The third-order valence-electron chi connectivity index (χ3n) is 3.83. The normalized spacial score (nSPS) is 33.0. The van der Waals surface area contributed by atoms with Gasteiger partial charge in [-0.25, -0.2) is 0 Å². The van der Waals surface area contributed by atoms with E-state index in [9.17, 15) is 0 Å². The van der Waals surface area contributed by atoms with Crippen molar-refractivity contribution < 1.29 is 4.74 Å². The lowest BCUT2D eigenvalue weighted by molar-refractivity contribution is -0.181. The molecule has 0 aromatic rings. The molecule has 2 rings (SSSR count). The summed E-state index contributed by atoms with van der Waals surface area (Å²) in [7, 11) is 2.18. The minimum Gasteiger partial charge on any atom is -0.372 e. The van der Waals surface area contributed by atoms with Crippen LogP contribution >= 0.6 is 0 Å². The average Bonchev–Trinajstić information content (AvgIpc) is 2.00. The van der Waals surface area contributed by atoms with Crippen molar-refractivity contribution in [2.24, 2.45) is 11.3 Å². The van der Waals surface area contributed by atoms with Crippen molar-refractivity contribution in [1.82, 2.24) is 4.90 Å². The second kappa shape index (κ2) is 3.21. The van der Waals surface area contributed by atoms with E-state index in [-0.39, 0.29) is 5.60 Å². The molecule has 0 N–H and O–H groups in total. The van der Waals surface area contributed by atoms with E-state index in [0.29, 0.717) is 5.41 Å². The highest BCUT2D eigenvalue weighted by Crippen LogP contribution is 2.43. The van der Waals surface area contributed by atoms with Gasteiger partial charge in [-0.15, -0.1) is 0 Å². The van der Waals surface area contributed by atoms with Gasteiger partial charge in [0.05, 0.1) is 5.60 Å². The average molecular weight is 197 g/mol. The zero-order valence-electron chi connectivity index (χ0n) is 9.97. The van der Waals surface area contributed by atoms with E-state index >= 15 is 0 Å². The molecule has 0 aliphatic carbocycles. The first-order valence-electron chi connectivity index (χ1n) is 5.74. The van der Waals surface area contributed by atoms with Crippen LogP contribution in [-0.4, -0.2) is 37.2 Å². The van der Waals surface area contributed by atoms with Crippen LogP contribution in [0.1, 0.15) is 33.6 Å². The maximum absolute atomic E-state index is 5.96. The van der Waals surface area contributed by atoms with Gasteiger partial charge in [0, 0.05) is 19.7 Å². The van der Waals surface area contributed by atoms with Gasteiger partial charge in [0.1, 0.15) is 0 Å². The van der Waals surface area contributed by atoms with Crippen LogP contribution in [0.4, 0.5) is 0 Å². The van der Waals surface area contributed by atoms with Gasteiger partial charge in [0.15, 0.2) is 0 Å². The summed E-state index contributed by atoms with van der Waals surface area (Å²) >= 11 is 0. The Bertz CT molecular complexity index is 207. The number of hydrogen-bond donors (Lipinski definition) is 0. The first-order chi connectivity index (χ1) is 6.41. The van der Waals surface area contributed by atoms with E-state index in [1.54, 1.807) is 0 Å². The third kappa shape index (κ3) is 1.82. The van der Waals surface area contributed by atoms with Crippen LogP contribution in [-0.2, 0) is 4.74 Å². The van der Waals surface area contributed by atoms with Crippen molar-refractivity contribution in [3.63, 3.8) is 0 Å². The number of hydrogen-bond acceptors (Lipinski definition) is 2. The number of likely N-dealkylation sites (N-methyl/N-ethyl adjacent to an activating group) is 1. The highest BCUT2D eigenvalue weighted by Gasteiger charge is 2.47. The molecule has 2 saturated heterocycles. The van der Waals surface area contributed by atoms with E-state index in [1.807, 2.05) is 0 Å². The van der Waals surface area contributed by atoms with Crippen LogP contribution in [0, 0.1) is 11.3 Å². The van der Waals surface area contributed by atoms with Gasteiger partial charge in [-0.2, -0.15) is 0 Å². The molecular formula is C12H23NO. The summed E-state index contributed by atoms with van der Waals surface area (Å²) in [4.78, 5) is 2.35. The Hall–Kier alpha value is -0.0800. The lowest BCUT2D eigenvalue weighted by atomic mass is 9.70. The second-order valence-corrected chi connectivity index (χ2v) is 6.26. The number of likely N-dealkylation sites (tertiary alicyclic amines) is 1. The van der Waals surface area contributed by atoms with Gasteiger partial charge >= 0.3 is 0 Å². The summed E-state index contributed by atoms with van der Waals surface area (Å²) < 4.78 is 5.96. The second-order valence-electron chi connectivity index (χ2n) is 6.26. The topological polar surface area (TPSA) is 12.5 Å². The highest BCUT2D eigenvalue weighted by atomic mass is 16.5. The zero-order valence-corrected chi connectivity index (χ0v) is 9.97. The molecular weight excluding hydrogens is 174 g/mol. The fourth-order valence-electron chi connectivity index (χ4n) is 2.92. The van der Waals surface area contributed by atoms with Gasteiger partial charge in [-0.1, -0.05) is 20.8 Å². The van der Waals surface area contributed by atoms with Crippen LogP contribution in [0.25, 0.3) is 0 Å². The molecule has 14 heavy (non-hydrogen) atoms. The number of nitrogens with zero attached hydrogens (tertiary/aromatic N) is 1. The van der Waals surface area contributed by atoms with Crippen molar-refractivity contribution in [3.05, 3.63) is 0 Å². The van der Waals surface area contributed by atoms with E-state index < -0.39 is 0 Å². The SMILES string of the molecule is CN1CC2(CC(C(C)(C)C)CCO2)C1. The Balaban J connectivity index is 1.98. The Kier molecular flexibility index (Phi) is 2.39. The molecule has 0 amide bonds. The largest absolute Gasteiger partial charge is 0.372 e. The van der Waals surface area contributed by atoms with E-state index in [1.165, 1.54) is 12.8 Å². The van der Waals surface area contributed by atoms with E-state index in [4.69, 9.17) is 4.74 Å². The fraction of sp³-hybridized carbons (Fsp3) is 1.00. The van der Waals surface area contributed by atoms with Crippen LogP contribution in [0.15, 0.2) is 0 Å². The molecule has 0 saturated carbocycles. The third-order valence-corrected chi connectivity index (χ3v) is 3.83. The fourth-order valence-corrected chi connectivity index (χ4v) is 2.92. The minimum absolute atomic E-state index is 0.227. The first-order valence-corrected chi connectivity index (χ1v) is 5.74. The number of rotatable bonds is 0. The van der Waals surface area contributed by atoms with Gasteiger partial charge < -0.3 is 9.64 Å². The van der Waals surface area contributed by atoms with Gasteiger partial charge in [-0.05, 0) is 31.2 Å². The predicted octanol–water partition coefficient (Wildman–Crippen LogP) is 2.14.